The third-order valence-corrected chi connectivity index (χ3v) is 3.79. The van der Waals surface area contributed by atoms with E-state index >= 15 is 0 Å². The number of amides is 1. The molecule has 0 bridgehead atoms. The normalized spacial score (nSPS) is 18.5. The molecule has 94 valence electrons. The summed E-state index contributed by atoms with van der Waals surface area (Å²) in [5, 5.41) is 2.99. The third kappa shape index (κ3) is 2.49. The van der Waals surface area contributed by atoms with Crippen molar-refractivity contribution in [1.82, 2.24) is 19.8 Å². The minimum Gasteiger partial charge on any atom is -0.336 e. The van der Waals surface area contributed by atoms with Crippen molar-refractivity contribution in [3.63, 3.8) is 0 Å². The Bertz CT molecular complexity index is 366. The van der Waals surface area contributed by atoms with Crippen molar-refractivity contribution in [1.29, 1.82) is 0 Å². The monoisotopic (exact) mass is 236 g/mol. The molecule has 1 amide bonds. The minimum atomic E-state index is -0.101. The fourth-order valence-corrected chi connectivity index (χ4v) is 2.53. The van der Waals surface area contributed by atoms with Gasteiger partial charge in [-0.15, -0.1) is 0 Å². The van der Waals surface area contributed by atoms with Gasteiger partial charge in [0.25, 0.3) is 0 Å². The molecular formula is C12H20N4O. The molecule has 1 N–H and O–H groups in total. The Morgan fingerprint density at radius 1 is 1.47 bits per heavy atom. The molecule has 0 spiro atoms. The highest BCUT2D eigenvalue weighted by atomic mass is 16.2. The molecule has 1 heterocycles. The molecule has 5 heteroatoms. The summed E-state index contributed by atoms with van der Waals surface area (Å²) < 4.78 is 1.47. The highest BCUT2D eigenvalue weighted by molar-refractivity contribution is 5.76. The van der Waals surface area contributed by atoms with E-state index in [1.165, 1.54) is 23.7 Å². The number of carbonyl (C=O) groups is 1. The maximum atomic E-state index is 11.8. The number of rotatable bonds is 3. The van der Waals surface area contributed by atoms with Crippen LogP contribution in [-0.2, 0) is 0 Å². The molecule has 17 heavy (non-hydrogen) atoms. The summed E-state index contributed by atoms with van der Waals surface area (Å²) in [5.74, 6) is 0. The zero-order chi connectivity index (χ0) is 12.3. The van der Waals surface area contributed by atoms with E-state index < -0.39 is 0 Å². The fraction of sp³-hybridized carbons (Fsp3) is 0.667. The van der Waals surface area contributed by atoms with Gasteiger partial charge in [0, 0.05) is 24.5 Å². The number of aromatic nitrogens is 2. The Kier molecular flexibility index (Phi) is 3.47. The maximum Gasteiger partial charge on any atom is 0.326 e. The topological polar surface area (TPSA) is 50.2 Å². The van der Waals surface area contributed by atoms with E-state index in [1.54, 1.807) is 12.4 Å². The smallest absolute Gasteiger partial charge is 0.326 e. The average Bonchev–Trinajstić information content (AvgIpc) is 2.97. The number of hydrogen-bond donors (Lipinski definition) is 1. The van der Waals surface area contributed by atoms with Crippen LogP contribution in [0.5, 0.6) is 0 Å². The van der Waals surface area contributed by atoms with Gasteiger partial charge in [0.05, 0.1) is 0 Å². The highest BCUT2D eigenvalue weighted by Gasteiger charge is 2.36. The molecule has 0 aliphatic heterocycles. The molecule has 0 aromatic carbocycles. The van der Waals surface area contributed by atoms with E-state index in [4.69, 9.17) is 0 Å². The highest BCUT2D eigenvalue weighted by Crippen LogP contribution is 2.33. The van der Waals surface area contributed by atoms with Gasteiger partial charge in [0.1, 0.15) is 6.33 Å². The Hall–Kier alpha value is -1.36. The zero-order valence-electron chi connectivity index (χ0n) is 10.5. The van der Waals surface area contributed by atoms with Crippen LogP contribution in [0.3, 0.4) is 0 Å². The van der Waals surface area contributed by atoms with E-state index in [9.17, 15) is 4.79 Å². The van der Waals surface area contributed by atoms with Gasteiger partial charge in [0.2, 0.25) is 0 Å². The molecule has 2 rings (SSSR count). The summed E-state index contributed by atoms with van der Waals surface area (Å²) >= 11 is 0. The molecule has 0 saturated heterocycles. The molecule has 1 aromatic rings. The third-order valence-electron chi connectivity index (χ3n) is 3.79. The average molecular weight is 236 g/mol. The number of nitrogens with one attached hydrogen (secondary N) is 1. The fourth-order valence-electron chi connectivity index (χ4n) is 2.53. The molecule has 0 unspecified atom stereocenters. The maximum absolute atomic E-state index is 11.8. The van der Waals surface area contributed by atoms with Crippen molar-refractivity contribution in [3.05, 3.63) is 18.7 Å². The van der Waals surface area contributed by atoms with Gasteiger partial charge < -0.3 is 10.2 Å². The van der Waals surface area contributed by atoms with Gasteiger partial charge in [-0.25, -0.2) is 9.78 Å². The first-order chi connectivity index (χ1) is 8.14. The van der Waals surface area contributed by atoms with Gasteiger partial charge in [-0.1, -0.05) is 12.8 Å². The van der Waals surface area contributed by atoms with Crippen LogP contribution >= 0.6 is 0 Å². The molecular weight excluding hydrogens is 216 g/mol. The van der Waals surface area contributed by atoms with Crippen LogP contribution in [0.2, 0.25) is 0 Å². The SMILES string of the molecule is CN(C)C1(CNC(=O)n2ccnc2)CCCC1. The van der Waals surface area contributed by atoms with Gasteiger partial charge in [-0.3, -0.25) is 4.57 Å². The van der Waals surface area contributed by atoms with Crippen LogP contribution < -0.4 is 5.32 Å². The summed E-state index contributed by atoms with van der Waals surface area (Å²) in [4.78, 5) is 17.9. The molecule has 1 fully saturated rings. The van der Waals surface area contributed by atoms with Crippen molar-refractivity contribution in [2.24, 2.45) is 0 Å². The van der Waals surface area contributed by atoms with Crippen molar-refractivity contribution in [2.75, 3.05) is 20.6 Å². The number of likely N-dealkylation sites (N-methyl/N-ethyl adjacent to an activating group) is 1. The predicted octanol–water partition coefficient (Wildman–Crippen LogP) is 1.32. The van der Waals surface area contributed by atoms with Gasteiger partial charge >= 0.3 is 6.03 Å². The first-order valence-corrected chi connectivity index (χ1v) is 6.08. The summed E-state index contributed by atoms with van der Waals surface area (Å²) in [6, 6.07) is -0.101. The molecule has 1 saturated carbocycles. The predicted molar refractivity (Wildman–Crippen MR) is 65.9 cm³/mol. The Balaban J connectivity index is 1.94. The first-order valence-electron chi connectivity index (χ1n) is 6.08. The molecule has 1 aromatic heterocycles. The number of hydrogen-bond acceptors (Lipinski definition) is 3. The van der Waals surface area contributed by atoms with Crippen molar-refractivity contribution < 1.29 is 4.79 Å². The first kappa shape index (κ1) is 12.1. The second kappa shape index (κ2) is 4.87. The quantitative estimate of drug-likeness (QED) is 0.861. The van der Waals surface area contributed by atoms with Crippen molar-refractivity contribution >= 4 is 6.03 Å². The molecule has 1 aliphatic carbocycles. The lowest BCUT2D eigenvalue weighted by molar-refractivity contribution is 0.154. The second-order valence-corrected chi connectivity index (χ2v) is 4.95. The largest absolute Gasteiger partial charge is 0.336 e. The Labute approximate surface area is 102 Å². The summed E-state index contributed by atoms with van der Waals surface area (Å²) in [6.45, 7) is 0.705. The number of nitrogens with zero attached hydrogens (tertiary/aromatic N) is 3. The lowest BCUT2D eigenvalue weighted by atomic mass is 9.96. The van der Waals surface area contributed by atoms with E-state index in [-0.39, 0.29) is 11.6 Å². The Morgan fingerprint density at radius 2 is 2.18 bits per heavy atom. The second-order valence-electron chi connectivity index (χ2n) is 4.95. The van der Waals surface area contributed by atoms with E-state index in [1.807, 2.05) is 0 Å². The van der Waals surface area contributed by atoms with Gasteiger partial charge in [0.15, 0.2) is 0 Å². The van der Waals surface area contributed by atoms with Crippen LogP contribution in [0.1, 0.15) is 25.7 Å². The van der Waals surface area contributed by atoms with Crippen LogP contribution in [0.25, 0.3) is 0 Å². The number of imidazole rings is 1. The van der Waals surface area contributed by atoms with Crippen LogP contribution in [0, 0.1) is 0 Å². The van der Waals surface area contributed by atoms with Gasteiger partial charge in [-0.2, -0.15) is 0 Å². The lowest BCUT2D eigenvalue weighted by Gasteiger charge is -2.36. The van der Waals surface area contributed by atoms with Crippen LogP contribution in [0.4, 0.5) is 4.79 Å². The lowest BCUT2D eigenvalue weighted by Crippen LogP contribution is -2.51. The number of carbonyl (C=O) groups excluding carboxylic acids is 1. The molecule has 0 radical (unpaired) electrons. The van der Waals surface area contributed by atoms with E-state index in [0.29, 0.717) is 6.54 Å². The van der Waals surface area contributed by atoms with Crippen LogP contribution in [-0.4, -0.2) is 46.7 Å². The Morgan fingerprint density at radius 3 is 2.71 bits per heavy atom. The summed E-state index contributed by atoms with van der Waals surface area (Å²) in [6.07, 6.45) is 9.60. The zero-order valence-corrected chi connectivity index (χ0v) is 10.5. The van der Waals surface area contributed by atoms with Crippen molar-refractivity contribution in [3.8, 4) is 0 Å². The van der Waals surface area contributed by atoms with Crippen molar-refractivity contribution in [2.45, 2.75) is 31.2 Å². The summed E-state index contributed by atoms with van der Waals surface area (Å²) in [7, 11) is 4.18. The van der Waals surface area contributed by atoms with Crippen LogP contribution in [0.15, 0.2) is 18.7 Å². The summed E-state index contributed by atoms with van der Waals surface area (Å²) in [5.41, 5.74) is 0.135. The van der Waals surface area contributed by atoms with Gasteiger partial charge in [-0.05, 0) is 26.9 Å². The molecule has 1 aliphatic rings. The van der Waals surface area contributed by atoms with E-state index in [2.05, 4.69) is 29.3 Å². The minimum absolute atomic E-state index is 0.101. The standard InChI is InChI=1S/C12H20N4O/c1-15(2)12(5-3-4-6-12)9-14-11(17)16-8-7-13-10-16/h7-8,10H,3-6,9H2,1-2H3,(H,14,17). The molecule has 5 nitrogen and oxygen atoms in total. The molecule has 0 atom stereocenters. The van der Waals surface area contributed by atoms with E-state index in [0.717, 1.165) is 12.8 Å².